The third-order valence-electron chi connectivity index (χ3n) is 6.35. The number of hydrogen-bond acceptors (Lipinski definition) is 7. The summed E-state index contributed by atoms with van der Waals surface area (Å²) in [5.74, 6) is 0.0288. The lowest BCUT2D eigenvalue weighted by molar-refractivity contribution is -0.137. The molecule has 3 N–H and O–H groups in total. The molecule has 11 heteroatoms. The molecule has 2 aromatic carbocycles. The number of piperidine rings is 1. The van der Waals surface area contributed by atoms with Crippen LogP contribution in [0.4, 0.5) is 5.69 Å². The third kappa shape index (κ3) is 4.45. The van der Waals surface area contributed by atoms with Crippen molar-refractivity contribution in [2.45, 2.75) is 23.7 Å². The Morgan fingerprint density at radius 1 is 1.06 bits per heavy atom. The highest BCUT2D eigenvalue weighted by Crippen LogP contribution is 2.31. The van der Waals surface area contributed by atoms with E-state index in [0.717, 1.165) is 27.8 Å². The van der Waals surface area contributed by atoms with Gasteiger partial charge in [-0.3, -0.25) is 14.5 Å². The summed E-state index contributed by atoms with van der Waals surface area (Å²) in [5, 5.41) is 11.9. The number of hydrogen-bond donors (Lipinski definition) is 3. The topological polar surface area (TPSA) is 136 Å². The maximum atomic E-state index is 13.2. The van der Waals surface area contributed by atoms with Gasteiger partial charge >= 0.3 is 0 Å². The summed E-state index contributed by atoms with van der Waals surface area (Å²) in [4.78, 5) is 33.3. The SMILES string of the molecule is O=C1C=C(Nc2ccc(S(=O)(=O)N3CCC(c4nc5ccccc5[nH]4)CC3)cc2)C(=O)N1CCO. The summed E-state index contributed by atoms with van der Waals surface area (Å²) >= 11 is 0. The fourth-order valence-electron chi connectivity index (χ4n) is 4.46. The molecule has 0 aliphatic carbocycles. The van der Waals surface area contributed by atoms with Gasteiger partial charge in [-0.05, 0) is 49.2 Å². The Morgan fingerprint density at radius 3 is 2.46 bits per heavy atom. The average molecular weight is 496 g/mol. The first kappa shape index (κ1) is 23.2. The number of rotatable bonds is 7. The lowest BCUT2D eigenvalue weighted by Crippen LogP contribution is -2.38. The smallest absolute Gasteiger partial charge is 0.277 e. The van der Waals surface area contributed by atoms with Crippen LogP contribution in [0.3, 0.4) is 0 Å². The number of aliphatic hydroxyl groups excluding tert-OH is 1. The Morgan fingerprint density at radius 2 is 1.77 bits per heavy atom. The van der Waals surface area contributed by atoms with Crippen LogP contribution in [0.2, 0.25) is 0 Å². The Kier molecular flexibility index (Phi) is 6.13. The highest BCUT2D eigenvalue weighted by molar-refractivity contribution is 7.89. The monoisotopic (exact) mass is 495 g/mol. The largest absolute Gasteiger partial charge is 0.395 e. The van der Waals surface area contributed by atoms with Gasteiger partial charge in [0.05, 0.1) is 29.1 Å². The Balaban J connectivity index is 1.23. The molecule has 0 unspecified atom stereocenters. The lowest BCUT2D eigenvalue weighted by atomic mass is 9.97. The summed E-state index contributed by atoms with van der Waals surface area (Å²) in [7, 11) is -3.67. The van der Waals surface area contributed by atoms with Gasteiger partial charge < -0.3 is 15.4 Å². The Labute approximate surface area is 202 Å². The molecular weight excluding hydrogens is 470 g/mol. The number of carbonyl (C=O) groups excluding carboxylic acids is 2. The van der Waals surface area contributed by atoms with E-state index in [2.05, 4.69) is 15.3 Å². The number of nitrogens with one attached hydrogen (secondary N) is 2. The van der Waals surface area contributed by atoms with Crippen molar-refractivity contribution in [3.8, 4) is 0 Å². The number of aromatic nitrogens is 2. The number of anilines is 1. The van der Waals surface area contributed by atoms with E-state index in [4.69, 9.17) is 5.11 Å². The number of benzene rings is 2. The van der Waals surface area contributed by atoms with E-state index >= 15 is 0 Å². The molecule has 5 rings (SSSR count). The van der Waals surface area contributed by atoms with E-state index in [1.165, 1.54) is 16.4 Å². The van der Waals surface area contributed by atoms with Crippen molar-refractivity contribution in [1.29, 1.82) is 0 Å². The zero-order chi connectivity index (χ0) is 24.6. The highest BCUT2D eigenvalue weighted by atomic mass is 32.2. The fourth-order valence-corrected chi connectivity index (χ4v) is 5.93. The van der Waals surface area contributed by atoms with Crippen molar-refractivity contribution in [3.05, 3.63) is 66.1 Å². The Bertz CT molecular complexity index is 1370. The molecular formula is C24H25N5O5S. The van der Waals surface area contributed by atoms with Gasteiger partial charge in [-0.2, -0.15) is 4.31 Å². The van der Waals surface area contributed by atoms with E-state index in [0.29, 0.717) is 31.6 Å². The van der Waals surface area contributed by atoms with E-state index in [1.54, 1.807) is 12.1 Å². The molecule has 1 aromatic heterocycles. The quantitative estimate of drug-likeness (QED) is 0.425. The molecule has 2 aliphatic rings. The van der Waals surface area contributed by atoms with Crippen molar-refractivity contribution in [1.82, 2.24) is 19.2 Å². The summed E-state index contributed by atoms with van der Waals surface area (Å²) in [6.07, 6.45) is 2.51. The van der Waals surface area contributed by atoms with Crippen LogP contribution in [0.1, 0.15) is 24.6 Å². The molecule has 2 aliphatic heterocycles. The number of imide groups is 1. The number of amides is 2. The summed E-state index contributed by atoms with van der Waals surface area (Å²) in [5.41, 5.74) is 2.44. The number of imidazole rings is 1. The third-order valence-corrected chi connectivity index (χ3v) is 8.27. The lowest BCUT2D eigenvalue weighted by Gasteiger charge is -2.30. The van der Waals surface area contributed by atoms with Gasteiger partial charge in [0, 0.05) is 30.8 Å². The second kappa shape index (κ2) is 9.25. The molecule has 10 nitrogen and oxygen atoms in total. The van der Waals surface area contributed by atoms with Crippen LogP contribution in [-0.2, 0) is 19.6 Å². The van der Waals surface area contributed by atoms with Gasteiger partial charge in [0.15, 0.2) is 0 Å². The van der Waals surface area contributed by atoms with Crippen LogP contribution < -0.4 is 5.32 Å². The van der Waals surface area contributed by atoms with E-state index < -0.39 is 21.8 Å². The van der Waals surface area contributed by atoms with Crippen LogP contribution in [0.25, 0.3) is 11.0 Å². The molecule has 1 saturated heterocycles. The van der Waals surface area contributed by atoms with Crippen molar-refractivity contribution < 1.29 is 23.1 Å². The number of H-pyrrole nitrogens is 1. The number of para-hydroxylation sites is 2. The number of β-amino-alcohol motifs (C(OH)–C–C–N with tert-alkyl or cyclic N) is 1. The number of nitrogens with zero attached hydrogens (tertiary/aromatic N) is 3. The van der Waals surface area contributed by atoms with Crippen LogP contribution >= 0.6 is 0 Å². The van der Waals surface area contributed by atoms with Gasteiger partial charge in [-0.15, -0.1) is 0 Å². The predicted octanol–water partition coefficient (Wildman–Crippen LogP) is 1.79. The highest BCUT2D eigenvalue weighted by Gasteiger charge is 2.32. The summed E-state index contributed by atoms with van der Waals surface area (Å²) < 4.78 is 27.8. The standard InChI is InChI=1S/C24H25N5O5S/c30-14-13-29-22(31)15-21(24(29)32)25-17-5-7-18(8-6-17)35(33,34)28-11-9-16(10-12-28)23-26-19-3-1-2-4-20(19)27-23/h1-8,15-16,25,30H,9-14H2,(H,26,27). The molecule has 0 atom stereocenters. The van der Waals surface area contributed by atoms with Crippen LogP contribution in [0.5, 0.6) is 0 Å². The van der Waals surface area contributed by atoms with Gasteiger partial charge in [0.25, 0.3) is 11.8 Å². The maximum absolute atomic E-state index is 13.2. The molecule has 0 bridgehead atoms. The van der Waals surface area contributed by atoms with E-state index in [-0.39, 0.29) is 29.7 Å². The normalized spacial score (nSPS) is 17.9. The van der Waals surface area contributed by atoms with Gasteiger partial charge in [0.1, 0.15) is 11.5 Å². The second-order valence-electron chi connectivity index (χ2n) is 8.54. The van der Waals surface area contributed by atoms with Gasteiger partial charge in [-0.1, -0.05) is 12.1 Å². The number of sulfonamides is 1. The zero-order valence-electron chi connectivity index (χ0n) is 18.8. The van der Waals surface area contributed by atoms with Crippen molar-refractivity contribution in [2.24, 2.45) is 0 Å². The minimum absolute atomic E-state index is 0.0757. The zero-order valence-corrected chi connectivity index (χ0v) is 19.7. The first-order valence-corrected chi connectivity index (χ1v) is 12.8. The number of carbonyl (C=O) groups is 2. The molecule has 3 heterocycles. The van der Waals surface area contributed by atoms with Crippen LogP contribution in [0, 0.1) is 0 Å². The number of fused-ring (bicyclic) bond motifs is 1. The molecule has 35 heavy (non-hydrogen) atoms. The van der Waals surface area contributed by atoms with E-state index in [9.17, 15) is 18.0 Å². The molecule has 2 amide bonds. The van der Waals surface area contributed by atoms with Crippen molar-refractivity contribution >= 4 is 38.6 Å². The number of aliphatic hydroxyl groups is 1. The van der Waals surface area contributed by atoms with Gasteiger partial charge in [0.2, 0.25) is 10.0 Å². The van der Waals surface area contributed by atoms with Gasteiger partial charge in [-0.25, -0.2) is 13.4 Å². The molecule has 0 saturated carbocycles. The number of aromatic amines is 1. The first-order valence-electron chi connectivity index (χ1n) is 11.4. The van der Waals surface area contributed by atoms with E-state index in [1.807, 2.05) is 24.3 Å². The molecule has 0 radical (unpaired) electrons. The Hall–Kier alpha value is -3.54. The fraction of sp³-hybridized carbons (Fsp3) is 0.292. The summed E-state index contributed by atoms with van der Waals surface area (Å²) in [6, 6.07) is 13.9. The molecule has 3 aromatic rings. The van der Waals surface area contributed by atoms with Crippen molar-refractivity contribution in [2.75, 3.05) is 31.6 Å². The molecule has 0 spiro atoms. The minimum Gasteiger partial charge on any atom is -0.395 e. The predicted molar refractivity (Wildman–Crippen MR) is 129 cm³/mol. The average Bonchev–Trinajstić information content (AvgIpc) is 3.41. The molecule has 182 valence electrons. The maximum Gasteiger partial charge on any atom is 0.277 e. The molecule has 1 fully saturated rings. The first-order chi connectivity index (χ1) is 16.9. The summed E-state index contributed by atoms with van der Waals surface area (Å²) in [6.45, 7) is 0.396. The van der Waals surface area contributed by atoms with Crippen molar-refractivity contribution in [3.63, 3.8) is 0 Å². The van der Waals surface area contributed by atoms with Crippen LogP contribution in [-0.4, -0.2) is 70.8 Å². The van der Waals surface area contributed by atoms with Crippen LogP contribution in [0.15, 0.2) is 65.2 Å². The minimum atomic E-state index is -3.67. The second-order valence-corrected chi connectivity index (χ2v) is 10.5.